The first-order valence-electron chi connectivity index (χ1n) is 4.98. The number of rotatable bonds is 3. The van der Waals surface area contributed by atoms with E-state index in [1.165, 1.54) is 39.3 Å². The predicted molar refractivity (Wildman–Crippen MR) is 60.4 cm³/mol. The van der Waals surface area contributed by atoms with Gasteiger partial charge in [0.2, 0.25) is 0 Å². The number of benzene rings is 1. The Bertz CT molecular complexity index is 491. The van der Waals surface area contributed by atoms with Gasteiger partial charge in [-0.1, -0.05) is 0 Å². The quantitative estimate of drug-likeness (QED) is 0.593. The van der Waals surface area contributed by atoms with Gasteiger partial charge in [0, 0.05) is 6.92 Å². The van der Waals surface area contributed by atoms with Gasteiger partial charge in [-0.15, -0.1) is 0 Å². The van der Waals surface area contributed by atoms with Crippen molar-refractivity contribution in [2.75, 3.05) is 14.2 Å². The lowest BCUT2D eigenvalue weighted by Gasteiger charge is -2.08. The Morgan fingerprint density at radius 3 is 2.00 bits per heavy atom. The smallest absolute Gasteiger partial charge is 0.338 e. The van der Waals surface area contributed by atoms with Crippen LogP contribution in [0.25, 0.3) is 0 Å². The van der Waals surface area contributed by atoms with Crippen LogP contribution in [0.15, 0.2) is 18.2 Å². The van der Waals surface area contributed by atoms with E-state index in [9.17, 15) is 14.4 Å². The van der Waals surface area contributed by atoms with Gasteiger partial charge in [0.05, 0.1) is 25.3 Å². The Morgan fingerprint density at radius 1 is 0.944 bits per heavy atom. The summed E-state index contributed by atoms with van der Waals surface area (Å²) in [6.07, 6.45) is 0. The number of hydrogen-bond acceptors (Lipinski definition) is 6. The standard InChI is InChI=1S/C12H12O6/c1-7(13)18-8-4-5-9(11(14)16-2)10(6-8)12(15)17-3/h4-6H,1-3H3. The van der Waals surface area contributed by atoms with Crippen molar-refractivity contribution in [3.63, 3.8) is 0 Å². The molecular weight excluding hydrogens is 240 g/mol. The summed E-state index contributed by atoms with van der Waals surface area (Å²) in [5, 5.41) is 0. The van der Waals surface area contributed by atoms with E-state index in [-0.39, 0.29) is 16.9 Å². The molecule has 0 aliphatic carbocycles. The molecule has 1 aromatic rings. The fourth-order valence-corrected chi connectivity index (χ4v) is 1.32. The van der Waals surface area contributed by atoms with Gasteiger partial charge in [-0.3, -0.25) is 4.79 Å². The van der Waals surface area contributed by atoms with E-state index in [4.69, 9.17) is 4.74 Å². The van der Waals surface area contributed by atoms with Crippen LogP contribution in [0.2, 0.25) is 0 Å². The average Bonchev–Trinajstić information content (AvgIpc) is 2.36. The van der Waals surface area contributed by atoms with Crippen molar-refractivity contribution in [2.24, 2.45) is 0 Å². The SMILES string of the molecule is COC(=O)c1ccc(OC(C)=O)cc1C(=O)OC. The van der Waals surface area contributed by atoms with Crippen LogP contribution >= 0.6 is 0 Å². The molecule has 0 unspecified atom stereocenters. The minimum atomic E-state index is -0.718. The van der Waals surface area contributed by atoms with E-state index in [2.05, 4.69) is 9.47 Å². The number of hydrogen-bond donors (Lipinski definition) is 0. The lowest BCUT2D eigenvalue weighted by molar-refractivity contribution is -0.131. The monoisotopic (exact) mass is 252 g/mol. The third kappa shape index (κ3) is 3.07. The fraction of sp³-hybridized carbons (Fsp3) is 0.250. The van der Waals surface area contributed by atoms with Gasteiger partial charge in [-0.2, -0.15) is 0 Å². The minimum absolute atomic E-state index is 0.0249. The molecule has 6 heteroatoms. The highest BCUT2D eigenvalue weighted by molar-refractivity contribution is 6.03. The fourth-order valence-electron chi connectivity index (χ4n) is 1.32. The molecule has 0 amide bonds. The van der Waals surface area contributed by atoms with Crippen molar-refractivity contribution in [1.29, 1.82) is 0 Å². The average molecular weight is 252 g/mol. The van der Waals surface area contributed by atoms with Crippen molar-refractivity contribution in [1.82, 2.24) is 0 Å². The van der Waals surface area contributed by atoms with Crippen LogP contribution in [0.5, 0.6) is 5.75 Å². The van der Waals surface area contributed by atoms with E-state index >= 15 is 0 Å². The lowest BCUT2D eigenvalue weighted by Crippen LogP contribution is -2.12. The Morgan fingerprint density at radius 2 is 1.50 bits per heavy atom. The molecule has 0 heterocycles. The van der Waals surface area contributed by atoms with Crippen LogP contribution < -0.4 is 4.74 Å². The molecular formula is C12H12O6. The maximum atomic E-state index is 11.5. The van der Waals surface area contributed by atoms with Crippen molar-refractivity contribution < 1.29 is 28.6 Å². The van der Waals surface area contributed by atoms with Crippen molar-refractivity contribution in [3.05, 3.63) is 29.3 Å². The number of ether oxygens (including phenoxy) is 3. The molecule has 18 heavy (non-hydrogen) atoms. The van der Waals surface area contributed by atoms with Crippen molar-refractivity contribution in [3.8, 4) is 5.75 Å². The Balaban J connectivity index is 3.24. The second kappa shape index (κ2) is 5.81. The third-order valence-electron chi connectivity index (χ3n) is 2.06. The Hall–Kier alpha value is -2.37. The number of carbonyl (C=O) groups is 3. The molecule has 0 atom stereocenters. The molecule has 0 aliphatic heterocycles. The summed E-state index contributed by atoms with van der Waals surface area (Å²) in [5.41, 5.74) is 0.0170. The molecule has 0 N–H and O–H groups in total. The van der Waals surface area contributed by atoms with E-state index in [0.29, 0.717) is 0 Å². The Kier molecular flexibility index (Phi) is 4.42. The molecule has 6 nitrogen and oxygen atoms in total. The lowest BCUT2D eigenvalue weighted by atomic mass is 10.1. The maximum Gasteiger partial charge on any atom is 0.338 e. The van der Waals surface area contributed by atoms with Gasteiger partial charge < -0.3 is 14.2 Å². The molecule has 96 valence electrons. The molecule has 0 bridgehead atoms. The maximum absolute atomic E-state index is 11.5. The van der Waals surface area contributed by atoms with Crippen molar-refractivity contribution in [2.45, 2.75) is 6.92 Å². The van der Waals surface area contributed by atoms with Gasteiger partial charge in [0.25, 0.3) is 0 Å². The molecule has 0 radical (unpaired) electrons. The number of methoxy groups -OCH3 is 2. The molecule has 0 spiro atoms. The molecule has 1 rings (SSSR count). The largest absolute Gasteiger partial charge is 0.465 e. The van der Waals surface area contributed by atoms with Crippen LogP contribution in [0.1, 0.15) is 27.6 Å². The third-order valence-corrected chi connectivity index (χ3v) is 2.06. The predicted octanol–water partition coefficient (Wildman–Crippen LogP) is 1.19. The first kappa shape index (κ1) is 13.7. The highest BCUT2D eigenvalue weighted by atomic mass is 16.5. The number of carbonyl (C=O) groups excluding carboxylic acids is 3. The van der Waals surface area contributed by atoms with Crippen LogP contribution in [-0.4, -0.2) is 32.1 Å². The van der Waals surface area contributed by atoms with Gasteiger partial charge in [0.1, 0.15) is 5.75 Å². The second-order valence-electron chi connectivity index (χ2n) is 3.28. The van der Waals surface area contributed by atoms with Gasteiger partial charge in [0.15, 0.2) is 0 Å². The highest BCUT2D eigenvalue weighted by Gasteiger charge is 2.19. The summed E-state index contributed by atoms with van der Waals surface area (Å²) < 4.78 is 13.9. The molecule has 0 saturated heterocycles. The summed E-state index contributed by atoms with van der Waals surface area (Å²) in [7, 11) is 2.38. The normalized spacial score (nSPS) is 9.50. The topological polar surface area (TPSA) is 78.9 Å². The molecule has 0 aromatic heterocycles. The summed E-state index contributed by atoms with van der Waals surface area (Å²) in [6.45, 7) is 1.23. The zero-order valence-electron chi connectivity index (χ0n) is 10.2. The van der Waals surface area contributed by atoms with E-state index < -0.39 is 17.9 Å². The summed E-state index contributed by atoms with van der Waals surface area (Å²) in [6, 6.07) is 3.97. The van der Waals surface area contributed by atoms with Crippen LogP contribution in [0, 0.1) is 0 Å². The molecule has 0 fully saturated rings. The minimum Gasteiger partial charge on any atom is -0.465 e. The van der Waals surface area contributed by atoms with E-state index in [0.717, 1.165) is 0 Å². The summed E-state index contributed by atoms with van der Waals surface area (Å²) in [5.74, 6) is -1.78. The zero-order chi connectivity index (χ0) is 13.7. The number of esters is 3. The molecule has 1 aromatic carbocycles. The zero-order valence-corrected chi connectivity index (χ0v) is 10.2. The van der Waals surface area contributed by atoms with Crippen LogP contribution in [0.3, 0.4) is 0 Å². The van der Waals surface area contributed by atoms with Crippen LogP contribution in [-0.2, 0) is 14.3 Å². The summed E-state index contributed by atoms with van der Waals surface area (Å²) >= 11 is 0. The Labute approximate surface area is 103 Å². The van der Waals surface area contributed by atoms with Crippen LogP contribution in [0.4, 0.5) is 0 Å². The van der Waals surface area contributed by atoms with E-state index in [1.54, 1.807) is 0 Å². The van der Waals surface area contributed by atoms with Crippen molar-refractivity contribution >= 4 is 17.9 Å². The first-order chi connectivity index (χ1) is 8.49. The molecule has 0 aliphatic rings. The van der Waals surface area contributed by atoms with Gasteiger partial charge >= 0.3 is 17.9 Å². The highest BCUT2D eigenvalue weighted by Crippen LogP contribution is 2.20. The summed E-state index contributed by atoms with van der Waals surface area (Å²) in [4.78, 5) is 33.8. The van der Waals surface area contributed by atoms with Gasteiger partial charge in [-0.25, -0.2) is 9.59 Å². The second-order valence-corrected chi connectivity index (χ2v) is 3.28. The first-order valence-corrected chi connectivity index (χ1v) is 4.98. The van der Waals surface area contributed by atoms with Gasteiger partial charge in [-0.05, 0) is 18.2 Å². The molecule has 0 saturated carbocycles. The van der Waals surface area contributed by atoms with E-state index in [1.807, 2.05) is 0 Å².